The van der Waals surface area contributed by atoms with Gasteiger partial charge in [0.2, 0.25) is 0 Å². The molecule has 0 fully saturated rings. The van der Waals surface area contributed by atoms with E-state index in [0.29, 0.717) is 36.8 Å². The molecular formula is C22H21N3O3. The molecule has 4 rings (SSSR count). The van der Waals surface area contributed by atoms with Crippen LogP contribution in [0.3, 0.4) is 0 Å². The number of nitrogens with zero attached hydrogens (tertiary/aromatic N) is 2. The molecule has 1 aromatic heterocycles. The van der Waals surface area contributed by atoms with Crippen LogP contribution < -0.4 is 10.5 Å². The van der Waals surface area contributed by atoms with Crippen LogP contribution in [-0.2, 0) is 6.54 Å². The van der Waals surface area contributed by atoms with Crippen LogP contribution in [0.15, 0.2) is 54.7 Å². The van der Waals surface area contributed by atoms with Crippen molar-refractivity contribution in [3.05, 3.63) is 71.4 Å². The van der Waals surface area contributed by atoms with Crippen LogP contribution in [0.1, 0.15) is 21.5 Å². The van der Waals surface area contributed by atoms with Crippen LogP contribution in [0.5, 0.6) is 11.5 Å². The minimum Gasteiger partial charge on any atom is -0.504 e. The van der Waals surface area contributed by atoms with E-state index in [9.17, 15) is 9.90 Å². The van der Waals surface area contributed by atoms with Crippen molar-refractivity contribution in [2.24, 2.45) is 0 Å². The first kappa shape index (κ1) is 17.9. The summed E-state index contributed by atoms with van der Waals surface area (Å²) >= 11 is 0. The van der Waals surface area contributed by atoms with Gasteiger partial charge in [-0.15, -0.1) is 0 Å². The summed E-state index contributed by atoms with van der Waals surface area (Å²) in [5, 5.41) is 10.5. The molecule has 0 radical (unpaired) electrons. The van der Waals surface area contributed by atoms with E-state index in [-0.39, 0.29) is 11.7 Å². The number of fused-ring (bicyclic) bond motifs is 1. The number of anilines is 1. The minimum atomic E-state index is -0.149. The van der Waals surface area contributed by atoms with E-state index >= 15 is 0 Å². The van der Waals surface area contributed by atoms with Gasteiger partial charge in [0.15, 0.2) is 11.5 Å². The number of aromatic nitrogens is 1. The number of benzene rings is 2. The third kappa shape index (κ3) is 3.49. The van der Waals surface area contributed by atoms with Crippen LogP contribution in [0, 0.1) is 6.92 Å². The number of rotatable bonds is 2. The highest BCUT2D eigenvalue weighted by molar-refractivity contribution is 5.94. The Balaban J connectivity index is 1.67. The van der Waals surface area contributed by atoms with Crippen molar-refractivity contribution in [1.82, 2.24) is 9.88 Å². The van der Waals surface area contributed by atoms with Crippen LogP contribution in [0.4, 0.5) is 5.82 Å². The lowest BCUT2D eigenvalue weighted by atomic mass is 10.0. The molecule has 2 aromatic carbocycles. The van der Waals surface area contributed by atoms with E-state index in [0.717, 1.165) is 16.7 Å². The summed E-state index contributed by atoms with van der Waals surface area (Å²) in [4.78, 5) is 18.6. The molecule has 0 saturated heterocycles. The maximum absolute atomic E-state index is 12.9. The third-order valence-electron chi connectivity index (χ3n) is 4.82. The Morgan fingerprint density at radius 3 is 2.64 bits per heavy atom. The second kappa shape index (κ2) is 7.23. The van der Waals surface area contributed by atoms with Crippen molar-refractivity contribution in [2.75, 3.05) is 18.9 Å². The number of amides is 1. The molecular weight excluding hydrogens is 354 g/mol. The van der Waals surface area contributed by atoms with Crippen LogP contribution >= 0.6 is 0 Å². The largest absolute Gasteiger partial charge is 0.504 e. The Morgan fingerprint density at radius 2 is 1.93 bits per heavy atom. The van der Waals surface area contributed by atoms with Gasteiger partial charge in [-0.3, -0.25) is 4.79 Å². The highest BCUT2D eigenvalue weighted by Gasteiger charge is 2.24. The normalized spacial score (nSPS) is 13.4. The van der Waals surface area contributed by atoms with Gasteiger partial charge < -0.3 is 20.5 Å². The first-order valence-electron chi connectivity index (χ1n) is 9.08. The Bertz CT molecular complexity index is 1010. The molecule has 0 bridgehead atoms. The standard InChI is InChI=1S/C22H21N3O3/c1-14-2-4-15(5-3-14)17-10-18-13-25(8-9-28-21(18)19(26)11-17)22(27)16-6-7-20(23)24-12-16/h2-7,10-12,26H,8-9,13H2,1H3,(H2,23,24). The van der Waals surface area contributed by atoms with Gasteiger partial charge in [-0.1, -0.05) is 29.8 Å². The van der Waals surface area contributed by atoms with Crippen LogP contribution in [-0.4, -0.2) is 34.0 Å². The van der Waals surface area contributed by atoms with Gasteiger partial charge >= 0.3 is 0 Å². The zero-order valence-corrected chi connectivity index (χ0v) is 15.6. The molecule has 6 heteroatoms. The monoisotopic (exact) mass is 375 g/mol. The smallest absolute Gasteiger partial charge is 0.255 e. The number of aryl methyl sites for hydroxylation is 1. The molecule has 3 N–H and O–H groups in total. The van der Waals surface area contributed by atoms with E-state index in [4.69, 9.17) is 10.5 Å². The van der Waals surface area contributed by atoms with E-state index in [2.05, 4.69) is 4.98 Å². The molecule has 3 aromatic rings. The summed E-state index contributed by atoms with van der Waals surface area (Å²) in [6.45, 7) is 3.09. The molecule has 28 heavy (non-hydrogen) atoms. The topological polar surface area (TPSA) is 88.7 Å². The maximum atomic E-state index is 12.9. The molecule has 0 aliphatic carbocycles. The number of nitrogen functional groups attached to an aromatic ring is 1. The SMILES string of the molecule is Cc1ccc(-c2cc(O)c3c(c2)CN(C(=O)c2ccc(N)nc2)CCO3)cc1. The van der Waals surface area contributed by atoms with Gasteiger partial charge in [-0.2, -0.15) is 0 Å². The maximum Gasteiger partial charge on any atom is 0.255 e. The lowest BCUT2D eigenvalue weighted by molar-refractivity contribution is 0.0733. The van der Waals surface area contributed by atoms with Crippen LogP contribution in [0.2, 0.25) is 0 Å². The zero-order valence-electron chi connectivity index (χ0n) is 15.6. The molecule has 1 aliphatic heterocycles. The molecule has 0 spiro atoms. The number of aromatic hydroxyl groups is 1. The van der Waals surface area contributed by atoms with Gasteiger partial charge in [-0.25, -0.2) is 4.98 Å². The average molecular weight is 375 g/mol. The number of pyridine rings is 1. The van der Waals surface area contributed by atoms with Crippen molar-refractivity contribution in [3.8, 4) is 22.6 Å². The lowest BCUT2D eigenvalue weighted by Crippen LogP contribution is -2.32. The van der Waals surface area contributed by atoms with Gasteiger partial charge in [0, 0.05) is 18.3 Å². The molecule has 2 heterocycles. The number of carbonyl (C=O) groups excluding carboxylic acids is 1. The molecule has 0 unspecified atom stereocenters. The molecule has 1 amide bonds. The zero-order chi connectivity index (χ0) is 19.7. The quantitative estimate of drug-likeness (QED) is 0.717. The second-order valence-corrected chi connectivity index (χ2v) is 6.90. The van der Waals surface area contributed by atoms with E-state index in [1.54, 1.807) is 23.1 Å². The minimum absolute atomic E-state index is 0.0801. The van der Waals surface area contributed by atoms with Crippen molar-refractivity contribution in [3.63, 3.8) is 0 Å². The Labute approximate surface area is 163 Å². The highest BCUT2D eigenvalue weighted by Crippen LogP contribution is 2.37. The molecule has 142 valence electrons. The van der Waals surface area contributed by atoms with Gasteiger partial charge in [0.05, 0.1) is 12.1 Å². The summed E-state index contributed by atoms with van der Waals surface area (Å²) < 4.78 is 5.75. The number of phenolic OH excluding ortho intramolecular Hbond substituents is 1. The number of ether oxygens (including phenoxy) is 1. The van der Waals surface area contributed by atoms with Gasteiger partial charge in [-0.05, 0) is 42.3 Å². The number of nitrogens with two attached hydrogens (primary N) is 1. The fraction of sp³-hybridized carbons (Fsp3) is 0.182. The number of carbonyl (C=O) groups is 1. The fourth-order valence-electron chi connectivity index (χ4n) is 3.30. The summed E-state index contributed by atoms with van der Waals surface area (Å²) in [7, 11) is 0. The van der Waals surface area contributed by atoms with E-state index in [1.807, 2.05) is 37.3 Å². The molecule has 6 nitrogen and oxygen atoms in total. The fourth-order valence-corrected chi connectivity index (χ4v) is 3.30. The van der Waals surface area contributed by atoms with Gasteiger partial charge in [0.1, 0.15) is 12.4 Å². The average Bonchev–Trinajstić information content (AvgIpc) is 2.91. The van der Waals surface area contributed by atoms with Crippen molar-refractivity contribution >= 4 is 11.7 Å². The predicted octanol–water partition coefficient (Wildman–Crippen LogP) is 3.38. The van der Waals surface area contributed by atoms with Crippen molar-refractivity contribution < 1.29 is 14.6 Å². The lowest BCUT2D eigenvalue weighted by Gasteiger charge is -2.20. The predicted molar refractivity (Wildman–Crippen MR) is 107 cm³/mol. The van der Waals surface area contributed by atoms with Crippen molar-refractivity contribution in [2.45, 2.75) is 13.5 Å². The Morgan fingerprint density at radius 1 is 1.14 bits per heavy atom. The summed E-state index contributed by atoms with van der Waals surface area (Å²) in [6.07, 6.45) is 1.48. The number of hydrogen-bond donors (Lipinski definition) is 2. The number of hydrogen-bond acceptors (Lipinski definition) is 5. The summed E-state index contributed by atoms with van der Waals surface area (Å²) in [6, 6.07) is 15.0. The van der Waals surface area contributed by atoms with Gasteiger partial charge in [0.25, 0.3) is 5.91 Å². The highest BCUT2D eigenvalue weighted by atomic mass is 16.5. The summed E-state index contributed by atoms with van der Waals surface area (Å²) in [5.74, 6) is 0.732. The second-order valence-electron chi connectivity index (χ2n) is 6.90. The number of phenols is 1. The molecule has 1 aliphatic rings. The first-order chi connectivity index (χ1) is 13.5. The van der Waals surface area contributed by atoms with E-state index in [1.165, 1.54) is 11.8 Å². The molecule has 0 atom stereocenters. The van der Waals surface area contributed by atoms with Crippen molar-refractivity contribution in [1.29, 1.82) is 0 Å². The summed E-state index contributed by atoms with van der Waals surface area (Å²) in [5.41, 5.74) is 9.88. The first-order valence-corrected chi connectivity index (χ1v) is 9.08. The van der Waals surface area contributed by atoms with Crippen LogP contribution in [0.25, 0.3) is 11.1 Å². The molecule has 0 saturated carbocycles. The van der Waals surface area contributed by atoms with E-state index < -0.39 is 0 Å². The third-order valence-corrected chi connectivity index (χ3v) is 4.82. The Kier molecular flexibility index (Phi) is 4.61. The Hall–Kier alpha value is -3.54.